The molecule has 4 rings (SSSR count). The number of para-hydroxylation sites is 1. The summed E-state index contributed by atoms with van der Waals surface area (Å²) < 4.78 is 18.7. The number of amides is 2. The van der Waals surface area contributed by atoms with Gasteiger partial charge in [0.05, 0.1) is 0 Å². The third-order valence-corrected chi connectivity index (χ3v) is 6.65. The molecule has 1 aliphatic rings. The van der Waals surface area contributed by atoms with E-state index in [-0.39, 0.29) is 30.5 Å². The standard InChI is InChI=1S/C27H30FN3O4/c1-31(21-7-3-2-4-8-21)25(32)17-35-27(34)24(30-26(33)18-11-13-20(28)14-12-18)15-19-16-29-23-10-6-5-9-22(19)23/h5-6,9-14,16,21,24,29H,2-4,7-8,15,17H2,1H3,(H,30,33)/t24-/m0/s1. The lowest BCUT2D eigenvalue weighted by Crippen LogP contribution is -2.45. The van der Waals surface area contributed by atoms with Crippen molar-refractivity contribution in [2.75, 3.05) is 13.7 Å². The number of likely N-dealkylation sites (N-methyl/N-ethyl adjacent to an activating group) is 1. The summed E-state index contributed by atoms with van der Waals surface area (Å²) in [6.07, 6.45) is 7.21. The highest BCUT2D eigenvalue weighted by Crippen LogP contribution is 2.22. The second kappa shape index (κ2) is 11.2. The second-order valence-electron chi connectivity index (χ2n) is 9.00. The molecule has 0 spiro atoms. The van der Waals surface area contributed by atoms with Crippen LogP contribution in [0.2, 0.25) is 0 Å². The van der Waals surface area contributed by atoms with E-state index in [1.165, 1.54) is 30.7 Å². The number of nitrogens with zero attached hydrogens (tertiary/aromatic N) is 1. The molecular weight excluding hydrogens is 449 g/mol. The van der Waals surface area contributed by atoms with Crippen LogP contribution in [0.1, 0.15) is 48.0 Å². The molecule has 0 unspecified atom stereocenters. The van der Waals surface area contributed by atoms with Crippen LogP contribution in [0.4, 0.5) is 4.39 Å². The van der Waals surface area contributed by atoms with E-state index in [1.807, 2.05) is 24.3 Å². The summed E-state index contributed by atoms with van der Waals surface area (Å²) in [6.45, 7) is -0.386. The first-order chi connectivity index (χ1) is 16.9. The molecule has 2 N–H and O–H groups in total. The van der Waals surface area contributed by atoms with E-state index in [0.29, 0.717) is 0 Å². The summed E-state index contributed by atoms with van der Waals surface area (Å²) in [5, 5.41) is 3.62. The van der Waals surface area contributed by atoms with Crippen LogP contribution in [0.25, 0.3) is 10.9 Å². The van der Waals surface area contributed by atoms with Gasteiger partial charge in [0, 0.05) is 42.2 Å². The quantitative estimate of drug-likeness (QED) is 0.478. The molecule has 1 aromatic heterocycles. The van der Waals surface area contributed by atoms with Crippen LogP contribution in [-0.4, -0.2) is 53.4 Å². The van der Waals surface area contributed by atoms with Crippen molar-refractivity contribution in [3.8, 4) is 0 Å². The molecule has 8 heteroatoms. The van der Waals surface area contributed by atoms with Gasteiger partial charge in [-0.15, -0.1) is 0 Å². The number of nitrogens with one attached hydrogen (secondary N) is 2. The van der Waals surface area contributed by atoms with Gasteiger partial charge >= 0.3 is 5.97 Å². The lowest BCUT2D eigenvalue weighted by molar-refractivity contribution is -0.154. The van der Waals surface area contributed by atoms with Crippen LogP contribution in [0.5, 0.6) is 0 Å². The van der Waals surface area contributed by atoms with Gasteiger partial charge in [0.25, 0.3) is 11.8 Å². The molecule has 0 saturated heterocycles. The van der Waals surface area contributed by atoms with Gasteiger partial charge in [-0.1, -0.05) is 37.5 Å². The highest BCUT2D eigenvalue weighted by molar-refractivity contribution is 5.97. The molecule has 1 fully saturated rings. The summed E-state index contributed by atoms with van der Waals surface area (Å²) in [5.74, 6) is -1.95. The lowest BCUT2D eigenvalue weighted by Gasteiger charge is -2.31. The van der Waals surface area contributed by atoms with Gasteiger partial charge in [-0.3, -0.25) is 9.59 Å². The van der Waals surface area contributed by atoms with Gasteiger partial charge in [-0.25, -0.2) is 9.18 Å². The summed E-state index contributed by atoms with van der Waals surface area (Å²) in [4.78, 5) is 43.3. The molecule has 1 aliphatic carbocycles. The van der Waals surface area contributed by atoms with Crippen molar-refractivity contribution >= 4 is 28.7 Å². The Morgan fingerprint density at radius 2 is 1.80 bits per heavy atom. The van der Waals surface area contributed by atoms with Gasteiger partial charge in [0.2, 0.25) is 0 Å². The first kappa shape index (κ1) is 24.4. The zero-order valence-corrected chi connectivity index (χ0v) is 19.8. The molecule has 35 heavy (non-hydrogen) atoms. The van der Waals surface area contributed by atoms with Crippen LogP contribution in [0.15, 0.2) is 54.7 Å². The molecule has 2 aromatic carbocycles. The molecule has 0 bridgehead atoms. The number of carbonyl (C=O) groups excluding carboxylic acids is 3. The van der Waals surface area contributed by atoms with E-state index < -0.39 is 23.7 Å². The number of rotatable bonds is 8. The predicted molar refractivity (Wildman–Crippen MR) is 130 cm³/mol. The number of H-pyrrole nitrogens is 1. The minimum Gasteiger partial charge on any atom is -0.454 e. The Morgan fingerprint density at radius 1 is 1.09 bits per heavy atom. The fourth-order valence-corrected chi connectivity index (χ4v) is 4.56. The van der Waals surface area contributed by atoms with Gasteiger partial charge < -0.3 is 19.9 Å². The van der Waals surface area contributed by atoms with E-state index in [4.69, 9.17) is 4.74 Å². The minimum atomic E-state index is -1.03. The van der Waals surface area contributed by atoms with Gasteiger partial charge in [0.1, 0.15) is 11.9 Å². The van der Waals surface area contributed by atoms with Crippen molar-refractivity contribution in [2.24, 2.45) is 0 Å². The van der Waals surface area contributed by atoms with Crippen molar-refractivity contribution in [2.45, 2.75) is 50.6 Å². The van der Waals surface area contributed by atoms with E-state index in [2.05, 4.69) is 10.3 Å². The third-order valence-electron chi connectivity index (χ3n) is 6.65. The molecule has 1 saturated carbocycles. The molecule has 0 radical (unpaired) electrons. The van der Waals surface area contributed by atoms with E-state index in [0.717, 1.165) is 42.1 Å². The molecule has 184 valence electrons. The third kappa shape index (κ3) is 6.07. The Balaban J connectivity index is 1.46. The average Bonchev–Trinajstić information content (AvgIpc) is 3.29. The normalized spacial score (nSPS) is 14.9. The molecule has 3 aromatic rings. The van der Waals surface area contributed by atoms with Gasteiger partial charge in [-0.05, 0) is 48.7 Å². The number of carbonyl (C=O) groups is 3. The Hall–Kier alpha value is -3.68. The first-order valence-corrected chi connectivity index (χ1v) is 12.0. The Morgan fingerprint density at radius 3 is 2.54 bits per heavy atom. The maximum Gasteiger partial charge on any atom is 0.329 e. The van der Waals surface area contributed by atoms with Crippen molar-refractivity contribution < 1.29 is 23.5 Å². The molecule has 0 aliphatic heterocycles. The summed E-state index contributed by atoms with van der Waals surface area (Å²) >= 11 is 0. The van der Waals surface area contributed by atoms with Crippen LogP contribution in [0, 0.1) is 5.82 Å². The number of hydrogen-bond acceptors (Lipinski definition) is 4. The number of aromatic amines is 1. The van der Waals surface area contributed by atoms with E-state index in [9.17, 15) is 18.8 Å². The van der Waals surface area contributed by atoms with Crippen molar-refractivity contribution in [3.63, 3.8) is 0 Å². The van der Waals surface area contributed by atoms with Gasteiger partial charge in [-0.2, -0.15) is 0 Å². The van der Waals surface area contributed by atoms with Crippen molar-refractivity contribution in [1.29, 1.82) is 0 Å². The SMILES string of the molecule is CN(C(=O)COC(=O)[C@H](Cc1c[nH]c2ccccc12)NC(=O)c1ccc(F)cc1)C1CCCCC1. The molecule has 7 nitrogen and oxygen atoms in total. The molecule has 1 heterocycles. The maximum absolute atomic E-state index is 13.3. The number of esters is 1. The first-order valence-electron chi connectivity index (χ1n) is 12.0. The monoisotopic (exact) mass is 479 g/mol. The smallest absolute Gasteiger partial charge is 0.329 e. The molecule has 1 atom stereocenters. The predicted octanol–water partition coefficient (Wildman–Crippen LogP) is 3.98. The average molecular weight is 480 g/mol. The Kier molecular flexibility index (Phi) is 7.80. The maximum atomic E-state index is 13.3. The Labute approximate surface area is 203 Å². The fraction of sp³-hybridized carbons (Fsp3) is 0.370. The van der Waals surface area contributed by atoms with Crippen molar-refractivity contribution in [1.82, 2.24) is 15.2 Å². The summed E-state index contributed by atoms with van der Waals surface area (Å²) in [7, 11) is 1.74. The van der Waals surface area contributed by atoms with Crippen LogP contribution in [-0.2, 0) is 20.7 Å². The number of hydrogen-bond donors (Lipinski definition) is 2. The van der Waals surface area contributed by atoms with E-state index in [1.54, 1.807) is 18.1 Å². The minimum absolute atomic E-state index is 0.162. The zero-order chi connectivity index (χ0) is 24.8. The summed E-state index contributed by atoms with van der Waals surface area (Å²) in [5.41, 5.74) is 1.95. The van der Waals surface area contributed by atoms with Gasteiger partial charge in [0.15, 0.2) is 6.61 Å². The van der Waals surface area contributed by atoms with Crippen molar-refractivity contribution in [3.05, 3.63) is 71.7 Å². The number of aromatic nitrogens is 1. The van der Waals surface area contributed by atoms with Crippen LogP contribution < -0.4 is 5.32 Å². The molecular formula is C27H30FN3O4. The van der Waals surface area contributed by atoms with Crippen LogP contribution >= 0.6 is 0 Å². The van der Waals surface area contributed by atoms with Crippen LogP contribution in [0.3, 0.4) is 0 Å². The highest BCUT2D eigenvalue weighted by atomic mass is 19.1. The number of fused-ring (bicyclic) bond motifs is 1. The Bertz CT molecular complexity index is 1180. The largest absolute Gasteiger partial charge is 0.454 e. The number of halogens is 1. The highest BCUT2D eigenvalue weighted by Gasteiger charge is 2.27. The summed E-state index contributed by atoms with van der Waals surface area (Å²) in [6, 6.07) is 11.8. The van der Waals surface area contributed by atoms with E-state index >= 15 is 0 Å². The zero-order valence-electron chi connectivity index (χ0n) is 19.8. The fourth-order valence-electron chi connectivity index (χ4n) is 4.56. The molecule has 2 amide bonds. The topological polar surface area (TPSA) is 91.5 Å². The second-order valence-corrected chi connectivity index (χ2v) is 9.00. The lowest BCUT2D eigenvalue weighted by atomic mass is 9.94. The number of benzene rings is 2. The number of ether oxygens (including phenoxy) is 1.